The first-order valence-electron chi connectivity index (χ1n) is 8.24. The third-order valence-electron chi connectivity index (χ3n) is 4.02. The van der Waals surface area contributed by atoms with Gasteiger partial charge >= 0.3 is 6.03 Å². The molecule has 0 spiro atoms. The number of carbonyl (C=O) groups is 3. The van der Waals surface area contributed by atoms with Gasteiger partial charge in [0.15, 0.2) is 17.5 Å². The maximum atomic E-state index is 13.5. The van der Waals surface area contributed by atoms with Crippen molar-refractivity contribution in [2.75, 3.05) is 29.9 Å². The highest BCUT2D eigenvalue weighted by atomic mass is 19.2. The van der Waals surface area contributed by atoms with Gasteiger partial charge < -0.3 is 16.0 Å². The lowest BCUT2D eigenvalue weighted by Gasteiger charge is -2.14. The molecule has 0 atom stereocenters. The highest BCUT2D eigenvalue weighted by Crippen LogP contribution is 2.19. The molecule has 2 aromatic carbocycles. The summed E-state index contributed by atoms with van der Waals surface area (Å²) < 4.78 is 39.6. The van der Waals surface area contributed by atoms with Crippen LogP contribution in [0.4, 0.5) is 29.3 Å². The Kier molecular flexibility index (Phi) is 5.48. The second kappa shape index (κ2) is 7.99. The molecule has 1 fully saturated rings. The van der Waals surface area contributed by atoms with E-state index in [0.717, 1.165) is 6.07 Å². The Bertz CT molecular complexity index is 934. The van der Waals surface area contributed by atoms with Crippen molar-refractivity contribution in [3.63, 3.8) is 0 Å². The largest absolute Gasteiger partial charge is 0.343 e. The molecule has 0 bridgehead atoms. The highest BCUT2D eigenvalue weighted by Gasteiger charge is 2.21. The molecule has 0 aromatic heterocycles. The van der Waals surface area contributed by atoms with Gasteiger partial charge in [-0.05, 0) is 36.4 Å². The van der Waals surface area contributed by atoms with Gasteiger partial charge in [-0.1, -0.05) is 0 Å². The van der Waals surface area contributed by atoms with Crippen LogP contribution >= 0.6 is 0 Å². The lowest BCUT2D eigenvalue weighted by molar-refractivity contribution is -0.115. The summed E-state index contributed by atoms with van der Waals surface area (Å²) in [6, 6.07) is 7.49. The minimum absolute atomic E-state index is 0.224. The number of anilines is 2. The molecule has 4 amide bonds. The fraction of sp³-hybridized carbons (Fsp3) is 0.167. The molecule has 146 valence electrons. The summed E-state index contributed by atoms with van der Waals surface area (Å²) in [5.41, 5.74) is 0.333. The minimum atomic E-state index is -1.70. The highest BCUT2D eigenvalue weighted by molar-refractivity contribution is 6.00. The van der Waals surface area contributed by atoms with Gasteiger partial charge in [0.25, 0.3) is 5.91 Å². The molecular formula is C18H15F3N4O3. The Balaban J connectivity index is 1.56. The number of nitrogens with one attached hydrogen (secondary N) is 3. The summed E-state index contributed by atoms with van der Waals surface area (Å²) in [6.07, 6.45) is 0. The van der Waals surface area contributed by atoms with Crippen molar-refractivity contribution < 1.29 is 27.6 Å². The normalized spacial score (nSPS) is 13.2. The number of benzene rings is 2. The number of hydrogen-bond acceptors (Lipinski definition) is 3. The SMILES string of the molecule is O=C(CNC(=O)c1ccc(N2CCNC2=O)cc1)Nc1ccc(F)c(F)c1F. The molecule has 3 N–H and O–H groups in total. The maximum Gasteiger partial charge on any atom is 0.321 e. The van der Waals surface area contributed by atoms with E-state index < -0.39 is 41.5 Å². The van der Waals surface area contributed by atoms with Gasteiger partial charge in [0.2, 0.25) is 5.91 Å². The van der Waals surface area contributed by atoms with Crippen LogP contribution in [0.2, 0.25) is 0 Å². The van der Waals surface area contributed by atoms with E-state index in [-0.39, 0.29) is 11.6 Å². The summed E-state index contributed by atoms with van der Waals surface area (Å²) >= 11 is 0. The molecule has 1 aliphatic rings. The number of halogens is 3. The summed E-state index contributed by atoms with van der Waals surface area (Å²) in [4.78, 5) is 37.0. The van der Waals surface area contributed by atoms with Crippen molar-refractivity contribution in [3.05, 3.63) is 59.4 Å². The molecule has 0 aliphatic carbocycles. The molecule has 3 rings (SSSR count). The Hall–Kier alpha value is -3.56. The third kappa shape index (κ3) is 4.05. The second-order valence-corrected chi connectivity index (χ2v) is 5.88. The molecule has 0 radical (unpaired) electrons. The summed E-state index contributed by atoms with van der Waals surface area (Å²) in [5, 5.41) is 7.04. The summed E-state index contributed by atoms with van der Waals surface area (Å²) in [5.74, 6) is -5.99. The van der Waals surface area contributed by atoms with Crippen LogP contribution in [0.15, 0.2) is 36.4 Å². The third-order valence-corrected chi connectivity index (χ3v) is 4.02. The van der Waals surface area contributed by atoms with Gasteiger partial charge in [-0.3, -0.25) is 14.5 Å². The van der Waals surface area contributed by atoms with E-state index >= 15 is 0 Å². The summed E-state index contributed by atoms with van der Waals surface area (Å²) in [6.45, 7) is 0.549. The second-order valence-electron chi connectivity index (χ2n) is 5.88. The van der Waals surface area contributed by atoms with Gasteiger partial charge in [0.05, 0.1) is 12.2 Å². The van der Waals surface area contributed by atoms with E-state index in [4.69, 9.17) is 0 Å². The van der Waals surface area contributed by atoms with Crippen LogP contribution in [0, 0.1) is 17.5 Å². The van der Waals surface area contributed by atoms with Crippen LogP contribution in [0.25, 0.3) is 0 Å². The molecule has 10 heteroatoms. The fourth-order valence-corrected chi connectivity index (χ4v) is 2.59. The molecule has 0 saturated carbocycles. The number of rotatable bonds is 5. The average molecular weight is 392 g/mol. The molecule has 2 aromatic rings. The van der Waals surface area contributed by atoms with Crippen molar-refractivity contribution in [1.82, 2.24) is 10.6 Å². The molecule has 1 saturated heterocycles. The first-order chi connectivity index (χ1) is 13.4. The molecule has 1 aliphatic heterocycles. The van der Waals surface area contributed by atoms with E-state index in [9.17, 15) is 27.6 Å². The Labute approximate surface area is 157 Å². The van der Waals surface area contributed by atoms with Gasteiger partial charge in [-0.2, -0.15) is 0 Å². The molecule has 28 heavy (non-hydrogen) atoms. The predicted octanol–water partition coefficient (Wildman–Crippen LogP) is 2.00. The smallest absolute Gasteiger partial charge is 0.321 e. The van der Waals surface area contributed by atoms with Crippen molar-refractivity contribution in [2.45, 2.75) is 0 Å². The summed E-state index contributed by atoms with van der Waals surface area (Å²) in [7, 11) is 0. The fourth-order valence-electron chi connectivity index (χ4n) is 2.59. The van der Waals surface area contributed by atoms with E-state index in [2.05, 4.69) is 10.6 Å². The average Bonchev–Trinajstić information content (AvgIpc) is 3.12. The van der Waals surface area contributed by atoms with Crippen LogP contribution in [0.3, 0.4) is 0 Å². The standard InChI is InChI=1S/C18H15F3N4O3/c19-12-5-6-13(16(21)15(12)20)24-14(26)9-23-17(27)10-1-3-11(4-2-10)25-8-7-22-18(25)28/h1-6H,7-9H2,(H,22,28)(H,23,27)(H,24,26). The lowest BCUT2D eigenvalue weighted by Crippen LogP contribution is -2.33. The number of hydrogen-bond donors (Lipinski definition) is 3. The first kappa shape index (κ1) is 19.2. The number of carbonyl (C=O) groups excluding carboxylic acids is 3. The van der Waals surface area contributed by atoms with Crippen molar-refractivity contribution >= 4 is 29.2 Å². The van der Waals surface area contributed by atoms with Crippen LogP contribution < -0.4 is 20.9 Å². The van der Waals surface area contributed by atoms with E-state index in [1.807, 2.05) is 5.32 Å². The monoisotopic (exact) mass is 392 g/mol. The van der Waals surface area contributed by atoms with E-state index in [1.165, 1.54) is 17.0 Å². The van der Waals surface area contributed by atoms with Gasteiger partial charge in [-0.15, -0.1) is 0 Å². The predicted molar refractivity (Wildman–Crippen MR) is 94.5 cm³/mol. The molecule has 7 nitrogen and oxygen atoms in total. The Morgan fingerprint density at radius 2 is 1.75 bits per heavy atom. The van der Waals surface area contributed by atoms with Crippen molar-refractivity contribution in [3.8, 4) is 0 Å². The van der Waals surface area contributed by atoms with Crippen LogP contribution in [-0.4, -0.2) is 37.5 Å². The van der Waals surface area contributed by atoms with Gasteiger partial charge in [0, 0.05) is 24.3 Å². The zero-order valence-electron chi connectivity index (χ0n) is 14.4. The number of nitrogens with zero attached hydrogens (tertiary/aromatic N) is 1. The van der Waals surface area contributed by atoms with Gasteiger partial charge in [-0.25, -0.2) is 18.0 Å². The van der Waals surface area contributed by atoms with E-state index in [0.29, 0.717) is 24.8 Å². The van der Waals surface area contributed by atoms with Crippen molar-refractivity contribution in [2.24, 2.45) is 0 Å². The molecule has 1 heterocycles. The van der Waals surface area contributed by atoms with Crippen LogP contribution in [-0.2, 0) is 4.79 Å². The first-order valence-corrected chi connectivity index (χ1v) is 8.24. The van der Waals surface area contributed by atoms with Gasteiger partial charge in [0.1, 0.15) is 0 Å². The zero-order valence-corrected chi connectivity index (χ0v) is 14.4. The van der Waals surface area contributed by atoms with Crippen LogP contribution in [0.1, 0.15) is 10.4 Å². The van der Waals surface area contributed by atoms with E-state index in [1.54, 1.807) is 12.1 Å². The quantitative estimate of drug-likeness (QED) is 0.680. The lowest BCUT2D eigenvalue weighted by atomic mass is 10.2. The van der Waals surface area contributed by atoms with Crippen molar-refractivity contribution in [1.29, 1.82) is 0 Å². The number of urea groups is 1. The zero-order chi connectivity index (χ0) is 20.3. The van der Waals surface area contributed by atoms with Crippen LogP contribution in [0.5, 0.6) is 0 Å². The Morgan fingerprint density at radius 1 is 1.04 bits per heavy atom. The minimum Gasteiger partial charge on any atom is -0.343 e. The Morgan fingerprint density at radius 3 is 2.39 bits per heavy atom. The number of amides is 4. The molecule has 0 unspecified atom stereocenters. The maximum absolute atomic E-state index is 13.5. The topological polar surface area (TPSA) is 90.5 Å². The molecular weight excluding hydrogens is 377 g/mol.